The fourth-order valence-corrected chi connectivity index (χ4v) is 3.13. The van der Waals surface area contributed by atoms with E-state index in [9.17, 15) is 4.79 Å². The molecule has 3 aromatic rings. The van der Waals surface area contributed by atoms with Gasteiger partial charge in [-0.25, -0.2) is 0 Å². The first-order valence-electron chi connectivity index (χ1n) is 8.79. The molecule has 1 N–H and O–H groups in total. The molecule has 0 aliphatic rings. The minimum absolute atomic E-state index is 0.150. The second-order valence-corrected chi connectivity index (χ2v) is 6.67. The van der Waals surface area contributed by atoms with Crippen LogP contribution >= 0.6 is 11.8 Å². The normalized spacial score (nSPS) is 10.5. The highest BCUT2D eigenvalue weighted by atomic mass is 32.2. The zero-order chi connectivity index (χ0) is 19.8. The summed E-state index contributed by atoms with van der Waals surface area (Å²) in [5, 5.41) is 15.1. The van der Waals surface area contributed by atoms with E-state index in [1.54, 1.807) is 11.8 Å². The van der Waals surface area contributed by atoms with Crippen molar-refractivity contribution in [2.45, 2.75) is 18.5 Å². The molecule has 0 atom stereocenters. The van der Waals surface area contributed by atoms with Crippen LogP contribution in [0.1, 0.15) is 13.3 Å². The quantitative estimate of drug-likeness (QED) is 0.553. The Hall–Kier alpha value is -3.07. The maximum atomic E-state index is 12.4. The van der Waals surface area contributed by atoms with Crippen LogP contribution in [0.15, 0.2) is 53.7 Å². The summed E-state index contributed by atoms with van der Waals surface area (Å²) in [4.78, 5) is 12.4. The van der Waals surface area contributed by atoms with E-state index in [1.165, 1.54) is 11.8 Å². The van der Waals surface area contributed by atoms with Crippen LogP contribution in [0.4, 0.5) is 5.69 Å². The molecular weight excluding hydrogens is 378 g/mol. The van der Waals surface area contributed by atoms with Crippen LogP contribution in [0.2, 0.25) is 0 Å². The van der Waals surface area contributed by atoms with Crippen molar-refractivity contribution in [2.75, 3.05) is 24.8 Å². The number of carbonyl (C=O) groups is 1. The minimum Gasteiger partial charge on any atom is -0.494 e. The number of hydrogen-bond acceptors (Lipinski definition) is 7. The number of methoxy groups -OCH3 is 1. The van der Waals surface area contributed by atoms with Gasteiger partial charge in [0.15, 0.2) is 0 Å². The molecule has 1 amide bonds. The number of amides is 1. The summed E-state index contributed by atoms with van der Waals surface area (Å²) in [6, 6.07) is 14.8. The molecule has 0 spiro atoms. The number of ether oxygens (including phenoxy) is 2. The second kappa shape index (κ2) is 9.75. The third-order valence-corrected chi connectivity index (χ3v) is 4.63. The Morgan fingerprint density at radius 2 is 1.89 bits per heavy atom. The third-order valence-electron chi connectivity index (χ3n) is 3.71. The summed E-state index contributed by atoms with van der Waals surface area (Å²) < 4.78 is 12.6. The molecule has 3 rings (SSSR count). The minimum atomic E-state index is -0.174. The highest BCUT2D eigenvalue weighted by Crippen LogP contribution is 2.27. The number of para-hydroxylation sites is 4. The summed E-state index contributed by atoms with van der Waals surface area (Å²) in [7, 11) is 1.58. The number of thioether (sulfide) groups is 1. The van der Waals surface area contributed by atoms with Crippen LogP contribution in [-0.2, 0) is 4.79 Å². The lowest BCUT2D eigenvalue weighted by Crippen LogP contribution is -2.15. The van der Waals surface area contributed by atoms with Gasteiger partial charge >= 0.3 is 0 Å². The molecule has 28 heavy (non-hydrogen) atoms. The lowest BCUT2D eigenvalue weighted by molar-refractivity contribution is -0.113. The number of aromatic nitrogens is 4. The Kier molecular flexibility index (Phi) is 6.85. The number of anilines is 1. The molecule has 0 aliphatic carbocycles. The van der Waals surface area contributed by atoms with E-state index in [0.717, 1.165) is 6.42 Å². The van der Waals surface area contributed by atoms with Gasteiger partial charge in [-0.1, -0.05) is 43.0 Å². The van der Waals surface area contributed by atoms with Gasteiger partial charge in [-0.2, -0.15) is 4.68 Å². The zero-order valence-electron chi connectivity index (χ0n) is 15.7. The van der Waals surface area contributed by atoms with E-state index >= 15 is 0 Å². The molecule has 2 aromatic carbocycles. The Balaban J connectivity index is 1.66. The van der Waals surface area contributed by atoms with Crippen LogP contribution in [-0.4, -0.2) is 45.6 Å². The van der Waals surface area contributed by atoms with Crippen molar-refractivity contribution in [3.05, 3.63) is 48.5 Å². The van der Waals surface area contributed by atoms with Crippen molar-refractivity contribution < 1.29 is 14.3 Å². The maximum Gasteiger partial charge on any atom is 0.234 e. The Bertz CT molecular complexity index is 931. The molecule has 146 valence electrons. The zero-order valence-corrected chi connectivity index (χ0v) is 16.5. The number of hydrogen-bond donors (Lipinski definition) is 1. The van der Waals surface area contributed by atoms with Crippen LogP contribution in [0.25, 0.3) is 5.69 Å². The number of carbonyl (C=O) groups excluding carboxylic acids is 1. The molecule has 0 saturated heterocycles. The van der Waals surface area contributed by atoms with Gasteiger partial charge in [0.25, 0.3) is 0 Å². The number of benzene rings is 2. The molecule has 1 aromatic heterocycles. The maximum absolute atomic E-state index is 12.4. The summed E-state index contributed by atoms with van der Waals surface area (Å²) in [6.07, 6.45) is 0.893. The predicted molar refractivity (Wildman–Crippen MR) is 107 cm³/mol. The van der Waals surface area contributed by atoms with E-state index < -0.39 is 0 Å². The Morgan fingerprint density at radius 3 is 2.68 bits per heavy atom. The fourth-order valence-electron chi connectivity index (χ4n) is 2.45. The van der Waals surface area contributed by atoms with Crippen molar-refractivity contribution in [2.24, 2.45) is 0 Å². The van der Waals surface area contributed by atoms with Gasteiger partial charge in [0, 0.05) is 0 Å². The van der Waals surface area contributed by atoms with Crippen LogP contribution in [0.5, 0.6) is 11.5 Å². The number of tetrazole rings is 1. The van der Waals surface area contributed by atoms with Gasteiger partial charge in [-0.05, 0) is 41.1 Å². The molecule has 0 bridgehead atoms. The Morgan fingerprint density at radius 1 is 1.14 bits per heavy atom. The first-order valence-corrected chi connectivity index (χ1v) is 9.77. The summed E-state index contributed by atoms with van der Waals surface area (Å²) in [5.41, 5.74) is 1.35. The number of nitrogens with zero attached hydrogens (tertiary/aromatic N) is 4. The van der Waals surface area contributed by atoms with Gasteiger partial charge in [0.2, 0.25) is 11.1 Å². The van der Waals surface area contributed by atoms with Crippen molar-refractivity contribution in [3.63, 3.8) is 0 Å². The molecule has 0 unspecified atom stereocenters. The van der Waals surface area contributed by atoms with Crippen molar-refractivity contribution in [1.82, 2.24) is 20.2 Å². The van der Waals surface area contributed by atoms with Gasteiger partial charge in [0.05, 0.1) is 25.2 Å². The fraction of sp³-hybridized carbons (Fsp3) is 0.263. The molecule has 0 radical (unpaired) electrons. The largest absolute Gasteiger partial charge is 0.494 e. The topological polar surface area (TPSA) is 91.2 Å². The number of rotatable bonds is 9. The third kappa shape index (κ3) is 4.80. The first kappa shape index (κ1) is 19.7. The van der Waals surface area contributed by atoms with E-state index in [0.29, 0.717) is 34.6 Å². The van der Waals surface area contributed by atoms with Gasteiger partial charge in [-0.15, -0.1) is 5.10 Å². The van der Waals surface area contributed by atoms with Crippen molar-refractivity contribution in [3.8, 4) is 17.2 Å². The lowest BCUT2D eigenvalue weighted by Gasteiger charge is -2.12. The summed E-state index contributed by atoms with van der Waals surface area (Å²) in [5.74, 6) is 1.27. The molecule has 9 heteroatoms. The van der Waals surface area contributed by atoms with Gasteiger partial charge in [-0.3, -0.25) is 4.79 Å². The summed E-state index contributed by atoms with van der Waals surface area (Å²) >= 11 is 1.24. The van der Waals surface area contributed by atoms with E-state index in [-0.39, 0.29) is 11.7 Å². The predicted octanol–water partition coefficient (Wildman–Crippen LogP) is 3.19. The highest BCUT2D eigenvalue weighted by Gasteiger charge is 2.15. The monoisotopic (exact) mass is 399 g/mol. The van der Waals surface area contributed by atoms with E-state index in [4.69, 9.17) is 9.47 Å². The molecule has 1 heterocycles. The van der Waals surface area contributed by atoms with Crippen molar-refractivity contribution >= 4 is 23.4 Å². The van der Waals surface area contributed by atoms with Crippen molar-refractivity contribution in [1.29, 1.82) is 0 Å². The number of nitrogens with one attached hydrogen (secondary N) is 1. The molecule has 8 nitrogen and oxygen atoms in total. The van der Waals surface area contributed by atoms with Crippen LogP contribution in [0, 0.1) is 0 Å². The van der Waals surface area contributed by atoms with Gasteiger partial charge in [0.1, 0.15) is 17.2 Å². The summed E-state index contributed by atoms with van der Waals surface area (Å²) in [6.45, 7) is 2.62. The molecule has 0 saturated carbocycles. The smallest absolute Gasteiger partial charge is 0.234 e. The molecule has 0 fully saturated rings. The Labute approximate surface area is 167 Å². The van der Waals surface area contributed by atoms with E-state index in [2.05, 4.69) is 20.8 Å². The second-order valence-electron chi connectivity index (χ2n) is 5.73. The SMILES string of the molecule is CCCOc1ccccc1NC(=O)CSc1nnnn1-c1ccccc1OC. The van der Waals surface area contributed by atoms with E-state index in [1.807, 2.05) is 55.5 Å². The average molecular weight is 399 g/mol. The highest BCUT2D eigenvalue weighted by molar-refractivity contribution is 7.99. The van der Waals surface area contributed by atoms with Crippen LogP contribution in [0.3, 0.4) is 0 Å². The average Bonchev–Trinajstić information content (AvgIpc) is 3.20. The first-order chi connectivity index (χ1) is 13.7. The van der Waals surface area contributed by atoms with Gasteiger partial charge < -0.3 is 14.8 Å². The molecular formula is C19H21N5O3S. The standard InChI is InChI=1S/C19H21N5O3S/c1-3-12-27-16-10-6-4-8-14(16)20-18(25)13-28-19-21-22-23-24(19)15-9-5-7-11-17(15)26-2/h4-11H,3,12-13H2,1-2H3,(H,20,25). The molecule has 0 aliphatic heterocycles. The lowest BCUT2D eigenvalue weighted by atomic mass is 10.3. The van der Waals surface area contributed by atoms with Crippen LogP contribution < -0.4 is 14.8 Å².